The van der Waals surface area contributed by atoms with Gasteiger partial charge in [0.2, 0.25) is 0 Å². The van der Waals surface area contributed by atoms with Gasteiger partial charge >= 0.3 is 0 Å². The largest absolute Gasteiger partial charge is 0.309 e. The van der Waals surface area contributed by atoms with E-state index in [0.717, 1.165) is 0 Å². The van der Waals surface area contributed by atoms with Crippen molar-refractivity contribution in [2.24, 2.45) is 0 Å². The van der Waals surface area contributed by atoms with E-state index in [1.54, 1.807) is 0 Å². The Labute approximate surface area is 271 Å². The average Bonchev–Trinajstić information content (AvgIpc) is 3.85. The molecule has 0 fully saturated rings. The molecule has 0 N–H and O–H groups in total. The summed E-state index contributed by atoms with van der Waals surface area (Å²) in [5, 5.41) is 10.4. The first kappa shape index (κ1) is 24.8. The Hall–Kier alpha value is -5.42. The molecule has 0 aliphatic carbocycles. The van der Waals surface area contributed by atoms with E-state index in [9.17, 15) is 0 Å². The minimum absolute atomic E-state index is 1.19. The summed E-state index contributed by atoms with van der Waals surface area (Å²) in [6.07, 6.45) is 0. The highest BCUT2D eigenvalue weighted by Gasteiger charge is 2.21. The average molecular weight is 621 g/mol. The molecule has 0 amide bonds. The fourth-order valence-corrected chi connectivity index (χ4v) is 9.93. The molecule has 11 aromatic rings. The third-order valence-corrected chi connectivity index (χ3v) is 12.0. The molecule has 11 rings (SSSR count). The zero-order chi connectivity index (χ0) is 29.9. The maximum atomic E-state index is 2.51. The molecule has 214 valence electrons. The normalized spacial score (nSPS) is 12.3. The minimum atomic E-state index is 1.19. The van der Waals surface area contributed by atoms with Gasteiger partial charge in [0.25, 0.3) is 0 Å². The van der Waals surface area contributed by atoms with Crippen molar-refractivity contribution in [3.63, 3.8) is 0 Å². The number of nitrogens with zero attached hydrogens (tertiary/aromatic N) is 2. The second-order valence-corrected chi connectivity index (χ2v) is 14.3. The van der Waals surface area contributed by atoms with Gasteiger partial charge in [0.05, 0.1) is 22.1 Å². The van der Waals surface area contributed by atoms with E-state index < -0.39 is 0 Å². The van der Waals surface area contributed by atoms with Gasteiger partial charge in [-0.3, -0.25) is 0 Å². The second-order valence-electron chi connectivity index (χ2n) is 12.1. The van der Waals surface area contributed by atoms with Crippen LogP contribution in [0.4, 0.5) is 0 Å². The van der Waals surface area contributed by atoms with Crippen LogP contribution >= 0.6 is 22.7 Å². The Kier molecular flexibility index (Phi) is 4.90. The molecule has 0 saturated heterocycles. The van der Waals surface area contributed by atoms with Crippen molar-refractivity contribution in [2.45, 2.75) is 0 Å². The first-order valence-electron chi connectivity index (χ1n) is 15.6. The summed E-state index contributed by atoms with van der Waals surface area (Å²) in [4.78, 5) is 0. The first-order valence-corrected chi connectivity index (χ1v) is 17.2. The predicted octanol–water partition coefficient (Wildman–Crippen LogP) is 12.6. The summed E-state index contributed by atoms with van der Waals surface area (Å²) in [5.74, 6) is 0. The minimum Gasteiger partial charge on any atom is -0.309 e. The number of aromatic nitrogens is 2. The fraction of sp³-hybridized carbons (Fsp3) is 0. The summed E-state index contributed by atoms with van der Waals surface area (Å²) in [6, 6.07) is 53.9. The Morgan fingerprint density at radius 2 is 0.826 bits per heavy atom. The Morgan fingerprint density at radius 3 is 1.48 bits per heavy atom. The lowest BCUT2D eigenvalue weighted by Crippen LogP contribution is -1.95. The number of hydrogen-bond acceptors (Lipinski definition) is 2. The lowest BCUT2D eigenvalue weighted by molar-refractivity contribution is 1.18. The van der Waals surface area contributed by atoms with E-state index in [4.69, 9.17) is 0 Å². The molecular formula is C42H24N2S2. The van der Waals surface area contributed by atoms with Crippen LogP contribution in [-0.2, 0) is 0 Å². The molecule has 0 unspecified atom stereocenters. The molecule has 0 radical (unpaired) electrons. The molecule has 0 saturated carbocycles. The van der Waals surface area contributed by atoms with Crippen LogP contribution in [0.15, 0.2) is 146 Å². The van der Waals surface area contributed by atoms with Gasteiger partial charge in [-0.2, -0.15) is 0 Å². The lowest BCUT2D eigenvalue weighted by Gasteiger charge is -2.11. The molecule has 4 heteroatoms. The van der Waals surface area contributed by atoms with Gasteiger partial charge in [0.1, 0.15) is 0 Å². The van der Waals surface area contributed by atoms with Crippen LogP contribution in [0, 0.1) is 0 Å². The van der Waals surface area contributed by atoms with Crippen LogP contribution in [0.25, 0.3) is 95.3 Å². The monoisotopic (exact) mass is 620 g/mol. The van der Waals surface area contributed by atoms with Gasteiger partial charge in [-0.1, -0.05) is 78.9 Å². The van der Waals surface area contributed by atoms with Crippen molar-refractivity contribution in [3.8, 4) is 11.4 Å². The molecular weight excluding hydrogens is 597 g/mol. The SMILES string of the molecule is c1ccc2c(c1)sc1ccc(-n3c4ccccc4c4c3ccc3c5ccccc5n(-c5ccc6sc7ccccc7c6c5)c34)cc12. The van der Waals surface area contributed by atoms with Gasteiger partial charge in [-0.25, -0.2) is 0 Å². The molecule has 0 spiro atoms. The zero-order valence-corrected chi connectivity index (χ0v) is 26.2. The number of para-hydroxylation sites is 2. The number of benzene rings is 7. The van der Waals surface area contributed by atoms with E-state index >= 15 is 0 Å². The van der Waals surface area contributed by atoms with E-state index in [1.807, 2.05) is 22.7 Å². The van der Waals surface area contributed by atoms with Gasteiger partial charge in [-0.05, 0) is 66.7 Å². The molecule has 4 heterocycles. The highest BCUT2D eigenvalue weighted by Crippen LogP contribution is 2.44. The van der Waals surface area contributed by atoms with Crippen LogP contribution in [0.2, 0.25) is 0 Å². The smallest absolute Gasteiger partial charge is 0.0641 e. The summed E-state index contributed by atoms with van der Waals surface area (Å²) in [7, 11) is 0. The number of thiophene rings is 2. The second kappa shape index (κ2) is 9.07. The van der Waals surface area contributed by atoms with Crippen molar-refractivity contribution in [1.82, 2.24) is 9.13 Å². The van der Waals surface area contributed by atoms with Gasteiger partial charge in [-0.15, -0.1) is 22.7 Å². The number of hydrogen-bond donors (Lipinski definition) is 0. The molecule has 0 aliphatic rings. The number of rotatable bonds is 2. The third-order valence-electron chi connectivity index (χ3n) is 9.71. The maximum absolute atomic E-state index is 2.51. The molecule has 0 aliphatic heterocycles. The van der Waals surface area contributed by atoms with E-state index in [-0.39, 0.29) is 0 Å². The topological polar surface area (TPSA) is 9.86 Å². The van der Waals surface area contributed by atoms with Crippen molar-refractivity contribution in [1.29, 1.82) is 0 Å². The molecule has 7 aromatic carbocycles. The third kappa shape index (κ3) is 3.24. The molecule has 0 atom stereocenters. The molecule has 46 heavy (non-hydrogen) atoms. The van der Waals surface area contributed by atoms with Crippen LogP contribution in [0.5, 0.6) is 0 Å². The quantitative estimate of drug-likeness (QED) is 0.182. The molecule has 4 aromatic heterocycles. The summed E-state index contributed by atoms with van der Waals surface area (Å²) in [5.41, 5.74) is 7.31. The highest BCUT2D eigenvalue weighted by atomic mass is 32.1. The van der Waals surface area contributed by atoms with Gasteiger partial charge in [0, 0.05) is 73.3 Å². The summed E-state index contributed by atoms with van der Waals surface area (Å²) < 4.78 is 10.3. The van der Waals surface area contributed by atoms with E-state index in [1.165, 1.54) is 95.3 Å². The predicted molar refractivity (Wildman–Crippen MR) is 201 cm³/mol. The van der Waals surface area contributed by atoms with Crippen molar-refractivity contribution < 1.29 is 0 Å². The number of fused-ring (bicyclic) bond motifs is 13. The Morgan fingerprint density at radius 1 is 0.326 bits per heavy atom. The van der Waals surface area contributed by atoms with Crippen molar-refractivity contribution >= 4 is 107 Å². The Balaban J connectivity index is 1.28. The van der Waals surface area contributed by atoms with Gasteiger partial charge in [0.15, 0.2) is 0 Å². The summed E-state index contributed by atoms with van der Waals surface area (Å²) in [6.45, 7) is 0. The van der Waals surface area contributed by atoms with Crippen LogP contribution in [0.1, 0.15) is 0 Å². The van der Waals surface area contributed by atoms with E-state index in [0.29, 0.717) is 0 Å². The highest BCUT2D eigenvalue weighted by molar-refractivity contribution is 7.26. The van der Waals surface area contributed by atoms with Crippen molar-refractivity contribution in [2.75, 3.05) is 0 Å². The summed E-state index contributed by atoms with van der Waals surface area (Å²) >= 11 is 3.74. The van der Waals surface area contributed by atoms with E-state index in [2.05, 4.69) is 155 Å². The lowest BCUT2D eigenvalue weighted by atomic mass is 10.1. The van der Waals surface area contributed by atoms with Crippen molar-refractivity contribution in [3.05, 3.63) is 146 Å². The first-order chi connectivity index (χ1) is 22.8. The van der Waals surface area contributed by atoms with Crippen LogP contribution in [-0.4, -0.2) is 9.13 Å². The van der Waals surface area contributed by atoms with Gasteiger partial charge < -0.3 is 9.13 Å². The zero-order valence-electron chi connectivity index (χ0n) is 24.6. The standard InChI is InChI=1S/C42H24N2S2/c1-5-13-34-27(9-1)30-19-20-36-41(42(30)44(34)26-18-22-40-33(24-26)29-11-4-8-16-38(29)46-40)31-12-2-6-14-35(31)43(36)25-17-21-39-32(23-25)28-10-3-7-15-37(28)45-39/h1-24H. The fourth-order valence-electron chi connectivity index (χ4n) is 7.76. The Bertz CT molecular complexity index is 3040. The van der Waals surface area contributed by atoms with Crippen LogP contribution in [0.3, 0.4) is 0 Å². The molecule has 0 bridgehead atoms. The molecule has 2 nitrogen and oxygen atoms in total. The maximum Gasteiger partial charge on any atom is 0.0641 e. The van der Waals surface area contributed by atoms with Crippen LogP contribution < -0.4 is 0 Å².